The molecule has 0 N–H and O–H groups in total. The number of benzene rings is 3. The number of hydrogen-bond donors (Lipinski definition) is 0. The van der Waals surface area contributed by atoms with Gasteiger partial charge in [0.15, 0.2) is 5.60 Å². The summed E-state index contributed by atoms with van der Waals surface area (Å²) in [6.07, 6.45) is 0. The fourth-order valence-electron chi connectivity index (χ4n) is 6.14. The first kappa shape index (κ1) is 22.7. The predicted octanol–water partition coefficient (Wildman–Crippen LogP) is 6.46. The van der Waals surface area contributed by atoms with Crippen LogP contribution in [0, 0.1) is 6.92 Å². The lowest BCUT2D eigenvalue weighted by Gasteiger charge is -2.38. The maximum atomic E-state index is 7.17. The molecule has 0 saturated carbocycles. The maximum Gasteiger partial charge on any atom is 0.189 e. The number of ether oxygens (including phenoxy) is 1. The molecule has 1 atom stereocenters. The molecule has 0 bridgehead atoms. The van der Waals surface area contributed by atoms with Crippen LogP contribution in [0.3, 0.4) is 0 Å². The molecule has 0 radical (unpaired) electrons. The average molecular weight is 479 g/mol. The van der Waals surface area contributed by atoms with Gasteiger partial charge in [-0.15, -0.1) is 0 Å². The van der Waals surface area contributed by atoms with Crippen LogP contribution < -0.4 is 14.5 Å². The first-order valence-electron chi connectivity index (χ1n) is 13.0. The van der Waals surface area contributed by atoms with Crippen molar-refractivity contribution in [1.29, 1.82) is 0 Å². The van der Waals surface area contributed by atoms with E-state index < -0.39 is 5.60 Å². The van der Waals surface area contributed by atoms with Crippen LogP contribution in [0.25, 0.3) is 22.4 Å². The molecular formula is C31H34N4O. The molecule has 1 unspecified atom stereocenters. The van der Waals surface area contributed by atoms with Crippen LogP contribution in [0.4, 0.5) is 11.4 Å². The van der Waals surface area contributed by atoms with Gasteiger partial charge in [0.25, 0.3) is 0 Å². The molecule has 5 heteroatoms. The molecule has 1 aromatic heterocycles. The van der Waals surface area contributed by atoms with Crippen molar-refractivity contribution in [3.8, 4) is 28.1 Å². The molecule has 0 fully saturated rings. The van der Waals surface area contributed by atoms with Gasteiger partial charge in [0, 0.05) is 67.5 Å². The fraction of sp³-hybridized carbons (Fsp3) is 0.323. The lowest BCUT2D eigenvalue weighted by atomic mass is 9.79. The predicted molar refractivity (Wildman–Crippen MR) is 148 cm³/mol. The number of fused-ring (bicyclic) bond motifs is 9. The molecule has 5 nitrogen and oxygen atoms in total. The van der Waals surface area contributed by atoms with Crippen molar-refractivity contribution >= 4 is 11.4 Å². The number of aryl methyl sites for hydroxylation is 1. The Morgan fingerprint density at radius 2 is 1.47 bits per heavy atom. The van der Waals surface area contributed by atoms with Crippen LogP contribution in [-0.4, -0.2) is 37.0 Å². The highest BCUT2D eigenvalue weighted by Crippen LogP contribution is 2.60. The maximum absolute atomic E-state index is 7.17. The molecule has 36 heavy (non-hydrogen) atoms. The van der Waals surface area contributed by atoms with Crippen molar-refractivity contribution in [2.75, 3.05) is 37.0 Å². The van der Waals surface area contributed by atoms with E-state index in [0.717, 1.165) is 47.9 Å². The number of aromatic nitrogens is 2. The van der Waals surface area contributed by atoms with Gasteiger partial charge in [0.1, 0.15) is 11.4 Å². The summed E-state index contributed by atoms with van der Waals surface area (Å²) in [5, 5.41) is 5.11. The zero-order chi connectivity index (χ0) is 25.2. The molecule has 6 rings (SSSR count). The second kappa shape index (κ2) is 8.16. The van der Waals surface area contributed by atoms with Gasteiger partial charge in [-0.05, 0) is 75.2 Å². The third-order valence-corrected chi connectivity index (χ3v) is 7.96. The minimum Gasteiger partial charge on any atom is -0.472 e. The Kier molecular flexibility index (Phi) is 5.15. The minimum atomic E-state index is -0.738. The highest BCUT2D eigenvalue weighted by Gasteiger charge is 2.53. The van der Waals surface area contributed by atoms with E-state index >= 15 is 0 Å². The first-order valence-corrected chi connectivity index (χ1v) is 13.0. The normalized spacial score (nSPS) is 16.7. The van der Waals surface area contributed by atoms with Gasteiger partial charge >= 0.3 is 0 Å². The van der Waals surface area contributed by atoms with Gasteiger partial charge < -0.3 is 14.5 Å². The Labute approximate surface area is 213 Å². The molecular weight excluding hydrogens is 444 g/mol. The lowest BCUT2D eigenvalue weighted by Crippen LogP contribution is -2.37. The van der Waals surface area contributed by atoms with Crippen LogP contribution in [0.5, 0.6) is 5.75 Å². The smallest absolute Gasteiger partial charge is 0.189 e. The Bertz CT molecular complexity index is 1480. The number of anilines is 2. The summed E-state index contributed by atoms with van der Waals surface area (Å²) in [4.78, 5) is 4.57. The summed E-state index contributed by atoms with van der Waals surface area (Å²) in [6, 6.07) is 22.0. The highest BCUT2D eigenvalue weighted by atomic mass is 16.5. The zero-order valence-electron chi connectivity index (χ0n) is 22.1. The zero-order valence-corrected chi connectivity index (χ0v) is 22.1. The second-order valence-corrected chi connectivity index (χ2v) is 9.93. The lowest BCUT2D eigenvalue weighted by molar-refractivity contribution is 0.156. The first-order chi connectivity index (χ1) is 17.4. The number of rotatable bonds is 5. The van der Waals surface area contributed by atoms with Crippen LogP contribution in [0.1, 0.15) is 43.2 Å². The minimum absolute atomic E-state index is 0.738. The van der Waals surface area contributed by atoms with Crippen molar-refractivity contribution in [1.82, 2.24) is 9.78 Å². The summed E-state index contributed by atoms with van der Waals surface area (Å²) in [7, 11) is 4.20. The Hall–Kier alpha value is -3.73. The monoisotopic (exact) mass is 478 g/mol. The van der Waals surface area contributed by atoms with Gasteiger partial charge in [0.2, 0.25) is 0 Å². The molecule has 184 valence electrons. The highest BCUT2D eigenvalue weighted by molar-refractivity contribution is 5.90. The van der Waals surface area contributed by atoms with Gasteiger partial charge in [-0.3, -0.25) is 4.68 Å². The van der Waals surface area contributed by atoms with Crippen molar-refractivity contribution < 1.29 is 4.74 Å². The second-order valence-electron chi connectivity index (χ2n) is 9.93. The van der Waals surface area contributed by atoms with E-state index in [9.17, 15) is 0 Å². The molecule has 2 aliphatic rings. The Balaban J connectivity index is 1.72. The fourth-order valence-corrected chi connectivity index (χ4v) is 6.14. The van der Waals surface area contributed by atoms with Crippen LogP contribution in [0.2, 0.25) is 0 Å². The van der Waals surface area contributed by atoms with E-state index in [0.29, 0.717) is 0 Å². The largest absolute Gasteiger partial charge is 0.472 e. The molecule has 1 aliphatic carbocycles. The number of hydrogen-bond acceptors (Lipinski definition) is 4. The molecule has 0 saturated heterocycles. The van der Waals surface area contributed by atoms with Gasteiger partial charge in [-0.2, -0.15) is 5.10 Å². The molecule has 0 amide bonds. The quantitative estimate of drug-likeness (QED) is 0.330. The molecule has 4 aromatic rings. The van der Waals surface area contributed by atoms with Gasteiger partial charge in [0.05, 0.1) is 5.56 Å². The SMILES string of the molecule is CCN(CC)c1ccc2c(c1)-c1cc(N(C)C)ccc1C21Oc2ccccc2-c2nn(CC)c(C)c21. The van der Waals surface area contributed by atoms with Gasteiger partial charge in [-0.25, -0.2) is 0 Å². The van der Waals surface area contributed by atoms with E-state index in [1.807, 2.05) is 0 Å². The summed E-state index contributed by atoms with van der Waals surface area (Å²) in [5.74, 6) is 0.883. The van der Waals surface area contributed by atoms with Crippen molar-refractivity contribution in [3.63, 3.8) is 0 Å². The van der Waals surface area contributed by atoms with E-state index in [4.69, 9.17) is 9.84 Å². The van der Waals surface area contributed by atoms with Crippen molar-refractivity contribution in [2.45, 2.75) is 39.8 Å². The Morgan fingerprint density at radius 1 is 0.833 bits per heavy atom. The third-order valence-electron chi connectivity index (χ3n) is 7.96. The summed E-state index contributed by atoms with van der Waals surface area (Å²) in [5.41, 5.74) is 11.0. The summed E-state index contributed by atoms with van der Waals surface area (Å²) >= 11 is 0. The van der Waals surface area contributed by atoms with E-state index in [1.165, 1.54) is 33.6 Å². The number of nitrogens with zero attached hydrogens (tertiary/aromatic N) is 4. The average Bonchev–Trinajstić information content (AvgIpc) is 3.37. The molecule has 2 heterocycles. The van der Waals surface area contributed by atoms with Crippen LogP contribution >= 0.6 is 0 Å². The number of para-hydroxylation sites is 1. The molecule has 3 aromatic carbocycles. The van der Waals surface area contributed by atoms with Crippen molar-refractivity contribution in [3.05, 3.63) is 83.0 Å². The standard InChI is InChI=1S/C31H34N4O/c1-7-34(8-2)22-15-17-27-25(19-22)24-18-21(33(5)6)14-16-26(24)31(27)29-20(4)35(9-3)32-30(29)23-12-10-11-13-28(23)36-31/h10-19H,7-9H2,1-6H3. The molecule has 1 spiro atoms. The van der Waals surface area contributed by atoms with E-state index in [2.05, 4.69) is 117 Å². The topological polar surface area (TPSA) is 33.5 Å². The van der Waals surface area contributed by atoms with Crippen molar-refractivity contribution in [2.24, 2.45) is 0 Å². The molecule has 1 aliphatic heterocycles. The third kappa shape index (κ3) is 2.92. The Morgan fingerprint density at radius 3 is 2.11 bits per heavy atom. The van der Waals surface area contributed by atoms with Crippen LogP contribution in [0.15, 0.2) is 60.7 Å². The van der Waals surface area contributed by atoms with E-state index in [-0.39, 0.29) is 0 Å². The summed E-state index contributed by atoms with van der Waals surface area (Å²) in [6.45, 7) is 11.5. The van der Waals surface area contributed by atoms with Crippen LogP contribution in [-0.2, 0) is 12.1 Å². The summed E-state index contributed by atoms with van der Waals surface area (Å²) < 4.78 is 9.29. The van der Waals surface area contributed by atoms with E-state index in [1.54, 1.807) is 0 Å². The van der Waals surface area contributed by atoms with Gasteiger partial charge in [-0.1, -0.05) is 24.3 Å².